The molecule has 0 heteroatoms. The lowest BCUT2D eigenvalue weighted by molar-refractivity contribution is 0.664. The Hall–Kier alpha value is -0.520. The summed E-state index contributed by atoms with van der Waals surface area (Å²) in [5.41, 5.74) is 0. The monoisotopic (exact) mass is 140 g/mol. The Morgan fingerprint density at radius 2 is 1.60 bits per heavy atom. The molecular weight excluding hydrogens is 120 g/mol. The van der Waals surface area contributed by atoms with Crippen molar-refractivity contribution in [3.63, 3.8) is 0 Å². The summed E-state index contributed by atoms with van der Waals surface area (Å²) < 4.78 is 0. The molecule has 0 saturated carbocycles. The van der Waals surface area contributed by atoms with Crippen molar-refractivity contribution in [2.24, 2.45) is 5.92 Å². The molecule has 0 unspecified atom stereocenters. The van der Waals surface area contributed by atoms with E-state index in [4.69, 9.17) is 0 Å². The molecule has 0 spiro atoms. The molecule has 0 aromatic heterocycles. The van der Waals surface area contributed by atoms with Gasteiger partial charge in [-0.3, -0.25) is 0 Å². The van der Waals surface area contributed by atoms with Gasteiger partial charge in [0.2, 0.25) is 0 Å². The molecule has 0 atom stereocenters. The van der Waals surface area contributed by atoms with Crippen molar-refractivity contribution in [1.29, 1.82) is 0 Å². The van der Waals surface area contributed by atoms with Crippen LogP contribution in [0.5, 0.6) is 0 Å². The van der Waals surface area contributed by atoms with Crippen LogP contribution in [0.4, 0.5) is 0 Å². The number of hydrogen-bond donors (Lipinski definition) is 0. The number of rotatable bonds is 3. The van der Waals surface area contributed by atoms with Gasteiger partial charge in [-0.1, -0.05) is 32.9 Å². The van der Waals surface area contributed by atoms with Gasteiger partial charge in [-0.25, -0.2) is 0 Å². The summed E-state index contributed by atoms with van der Waals surface area (Å²) in [6, 6.07) is 0. The van der Waals surface area contributed by atoms with E-state index >= 15 is 0 Å². The Balaban J connectivity index is 0. The Labute approximate surface area is 65.7 Å². The molecule has 0 aromatic rings. The fraction of sp³-hybridized carbons (Fsp3) is 0.600. The van der Waals surface area contributed by atoms with Crippen molar-refractivity contribution in [3.8, 4) is 0 Å². The van der Waals surface area contributed by atoms with E-state index in [2.05, 4.69) is 33.9 Å². The van der Waals surface area contributed by atoms with Gasteiger partial charge in [0.15, 0.2) is 0 Å². The van der Waals surface area contributed by atoms with Crippen molar-refractivity contribution < 1.29 is 0 Å². The topological polar surface area (TPSA) is 0 Å². The van der Waals surface area contributed by atoms with Crippen molar-refractivity contribution in [3.05, 3.63) is 25.3 Å². The maximum atomic E-state index is 3.60. The van der Waals surface area contributed by atoms with Crippen molar-refractivity contribution in [1.82, 2.24) is 0 Å². The first kappa shape index (κ1) is 12.2. The lowest BCUT2D eigenvalue weighted by atomic mass is 10.1. The predicted octanol–water partition coefficient (Wildman–Crippen LogP) is 3.80. The third kappa shape index (κ3) is 25.9. The zero-order valence-electron chi connectivity index (χ0n) is 7.56. The molecule has 0 rings (SSSR count). The Bertz CT molecular complexity index is 70.1. The highest BCUT2D eigenvalue weighted by Gasteiger charge is 1.82. The summed E-state index contributed by atoms with van der Waals surface area (Å²) >= 11 is 0. The van der Waals surface area contributed by atoms with Crippen LogP contribution in [0.15, 0.2) is 25.3 Å². The van der Waals surface area contributed by atoms with Gasteiger partial charge in [0.05, 0.1) is 0 Å². The van der Waals surface area contributed by atoms with E-state index in [-0.39, 0.29) is 0 Å². The normalized spacial score (nSPS) is 8.00. The summed E-state index contributed by atoms with van der Waals surface area (Å²) in [4.78, 5) is 0. The van der Waals surface area contributed by atoms with Crippen molar-refractivity contribution in [2.75, 3.05) is 0 Å². The van der Waals surface area contributed by atoms with E-state index in [1.807, 2.05) is 12.2 Å². The minimum atomic E-state index is 0.780. The van der Waals surface area contributed by atoms with E-state index in [9.17, 15) is 0 Å². The summed E-state index contributed by atoms with van der Waals surface area (Å²) in [5.74, 6) is 0.780. The lowest BCUT2D eigenvalue weighted by Crippen LogP contribution is -1.78. The molecule has 0 aliphatic carbocycles. The quantitative estimate of drug-likeness (QED) is 0.523. The Morgan fingerprint density at radius 3 is 1.60 bits per heavy atom. The SMILES string of the molecule is C=CCC.C=CCC(C)C. The van der Waals surface area contributed by atoms with Crippen LogP contribution in [-0.2, 0) is 0 Å². The maximum Gasteiger partial charge on any atom is -0.0330 e. The predicted molar refractivity (Wildman–Crippen MR) is 50.1 cm³/mol. The molecule has 60 valence electrons. The van der Waals surface area contributed by atoms with Crippen LogP contribution in [0, 0.1) is 5.92 Å². The van der Waals surface area contributed by atoms with Crippen molar-refractivity contribution in [2.45, 2.75) is 33.6 Å². The van der Waals surface area contributed by atoms with Gasteiger partial charge in [-0.2, -0.15) is 0 Å². The van der Waals surface area contributed by atoms with Gasteiger partial charge >= 0.3 is 0 Å². The lowest BCUT2D eigenvalue weighted by Gasteiger charge is -1.92. The molecule has 0 radical (unpaired) electrons. The second-order valence-electron chi connectivity index (χ2n) is 2.62. The highest BCUT2D eigenvalue weighted by molar-refractivity contribution is 4.67. The summed E-state index contributed by atoms with van der Waals surface area (Å²) in [6.45, 7) is 13.5. The largest absolute Gasteiger partial charge is 0.103 e. The highest BCUT2D eigenvalue weighted by atomic mass is 13.9. The summed E-state index contributed by atoms with van der Waals surface area (Å²) in [7, 11) is 0. The fourth-order valence-electron chi connectivity index (χ4n) is 0.333. The molecule has 0 N–H and O–H groups in total. The molecule has 0 aromatic carbocycles. The minimum absolute atomic E-state index is 0.780. The van der Waals surface area contributed by atoms with Gasteiger partial charge in [-0.15, -0.1) is 13.2 Å². The smallest absolute Gasteiger partial charge is 0.0330 e. The zero-order chi connectivity index (χ0) is 8.41. The van der Waals surface area contributed by atoms with Crippen LogP contribution < -0.4 is 0 Å². The Kier molecular flexibility index (Phi) is 13.8. The van der Waals surface area contributed by atoms with Crippen LogP contribution in [0.25, 0.3) is 0 Å². The fourth-order valence-corrected chi connectivity index (χ4v) is 0.333. The third-order valence-corrected chi connectivity index (χ3v) is 0.927. The van der Waals surface area contributed by atoms with Gasteiger partial charge in [-0.05, 0) is 18.8 Å². The molecule has 0 heterocycles. The van der Waals surface area contributed by atoms with Gasteiger partial charge in [0.25, 0.3) is 0 Å². The minimum Gasteiger partial charge on any atom is -0.103 e. The second-order valence-corrected chi connectivity index (χ2v) is 2.62. The molecule has 0 aliphatic heterocycles. The average Bonchev–Trinajstić information content (AvgIpc) is 1.89. The first-order chi connectivity index (χ1) is 4.68. The molecule has 0 fully saturated rings. The van der Waals surface area contributed by atoms with Crippen LogP contribution in [-0.4, -0.2) is 0 Å². The maximum absolute atomic E-state index is 3.60. The average molecular weight is 140 g/mol. The summed E-state index contributed by atoms with van der Waals surface area (Å²) in [6.07, 6.45) is 6.05. The number of hydrogen-bond acceptors (Lipinski definition) is 0. The van der Waals surface area contributed by atoms with Crippen LogP contribution in [0.1, 0.15) is 33.6 Å². The van der Waals surface area contributed by atoms with Gasteiger partial charge < -0.3 is 0 Å². The standard InChI is InChI=1S/C6H12.C4H8/c1-4-5-6(2)3;1-3-4-2/h4,6H,1,5H2,2-3H3;3H,1,4H2,2H3. The van der Waals surface area contributed by atoms with Crippen LogP contribution >= 0.6 is 0 Å². The first-order valence-corrected chi connectivity index (χ1v) is 3.90. The second kappa shape index (κ2) is 11.3. The van der Waals surface area contributed by atoms with E-state index in [1.165, 1.54) is 0 Å². The van der Waals surface area contributed by atoms with E-state index in [0.29, 0.717) is 0 Å². The van der Waals surface area contributed by atoms with E-state index in [0.717, 1.165) is 18.8 Å². The molecule has 0 saturated heterocycles. The molecule has 0 aliphatic rings. The summed E-state index contributed by atoms with van der Waals surface area (Å²) in [5, 5.41) is 0. The molecule has 10 heavy (non-hydrogen) atoms. The zero-order valence-corrected chi connectivity index (χ0v) is 7.56. The first-order valence-electron chi connectivity index (χ1n) is 3.90. The Morgan fingerprint density at radius 1 is 1.20 bits per heavy atom. The van der Waals surface area contributed by atoms with Crippen LogP contribution in [0.2, 0.25) is 0 Å². The third-order valence-electron chi connectivity index (χ3n) is 0.927. The highest BCUT2D eigenvalue weighted by Crippen LogP contribution is 1.96. The van der Waals surface area contributed by atoms with Crippen LogP contribution in [0.3, 0.4) is 0 Å². The number of allylic oxidation sites excluding steroid dienone is 2. The molecule has 0 bridgehead atoms. The molecule has 0 nitrogen and oxygen atoms in total. The van der Waals surface area contributed by atoms with Gasteiger partial charge in [0, 0.05) is 0 Å². The molecular formula is C10H20. The van der Waals surface area contributed by atoms with E-state index in [1.54, 1.807) is 0 Å². The van der Waals surface area contributed by atoms with Crippen molar-refractivity contribution >= 4 is 0 Å². The van der Waals surface area contributed by atoms with E-state index < -0.39 is 0 Å². The molecule has 0 amide bonds. The van der Waals surface area contributed by atoms with Gasteiger partial charge in [0.1, 0.15) is 0 Å².